The summed E-state index contributed by atoms with van der Waals surface area (Å²) in [6.45, 7) is 9.69. The van der Waals surface area contributed by atoms with Gasteiger partial charge in [0.2, 0.25) is 0 Å². The number of nitrogens with one attached hydrogen (secondary N) is 1. The average Bonchev–Trinajstić information content (AvgIpc) is 2.27. The Balaban J connectivity index is 2.38. The zero-order valence-corrected chi connectivity index (χ0v) is 12.0. The van der Waals surface area contributed by atoms with E-state index < -0.39 is 5.97 Å². The third-order valence-electron chi connectivity index (χ3n) is 3.70. The molecule has 1 rings (SSSR count). The molecule has 0 aliphatic carbocycles. The van der Waals surface area contributed by atoms with Gasteiger partial charge in [-0.3, -0.25) is 9.69 Å². The highest BCUT2D eigenvalue weighted by molar-refractivity contribution is 5.69. The van der Waals surface area contributed by atoms with Crippen LogP contribution in [0.3, 0.4) is 0 Å². The standard InChI is InChI=1S/C14H28N2O2/c1-4-12-7-13(15-6-5-11(2)3)9-16(8-12)10-14(17)18/h11-13,15H,4-10H2,1-3H3,(H,17,18). The van der Waals surface area contributed by atoms with Crippen molar-refractivity contribution in [3.05, 3.63) is 0 Å². The Kier molecular flexibility index (Phi) is 6.65. The Bertz CT molecular complexity index is 256. The monoisotopic (exact) mass is 256 g/mol. The van der Waals surface area contributed by atoms with Gasteiger partial charge in [-0.1, -0.05) is 27.2 Å². The second-order valence-electron chi connectivity index (χ2n) is 5.93. The lowest BCUT2D eigenvalue weighted by Gasteiger charge is -2.37. The lowest BCUT2D eigenvalue weighted by molar-refractivity contribution is -0.138. The first-order valence-electron chi connectivity index (χ1n) is 7.18. The Labute approximate surface area is 111 Å². The van der Waals surface area contributed by atoms with E-state index in [1.807, 2.05) is 0 Å². The van der Waals surface area contributed by atoms with Crippen LogP contribution in [0.2, 0.25) is 0 Å². The van der Waals surface area contributed by atoms with Gasteiger partial charge in [-0.15, -0.1) is 0 Å². The molecule has 4 nitrogen and oxygen atoms in total. The summed E-state index contributed by atoms with van der Waals surface area (Å²) < 4.78 is 0. The van der Waals surface area contributed by atoms with E-state index in [9.17, 15) is 4.79 Å². The highest BCUT2D eigenvalue weighted by Crippen LogP contribution is 2.19. The lowest BCUT2D eigenvalue weighted by atomic mass is 9.92. The van der Waals surface area contributed by atoms with Gasteiger partial charge in [0, 0.05) is 19.1 Å². The van der Waals surface area contributed by atoms with Gasteiger partial charge in [0.25, 0.3) is 0 Å². The fourth-order valence-electron chi connectivity index (χ4n) is 2.64. The maximum absolute atomic E-state index is 10.8. The molecular weight excluding hydrogens is 228 g/mol. The normalized spacial score (nSPS) is 25.6. The molecule has 2 atom stereocenters. The number of carbonyl (C=O) groups is 1. The molecule has 1 saturated heterocycles. The number of nitrogens with zero attached hydrogens (tertiary/aromatic N) is 1. The molecule has 0 amide bonds. The number of hydrogen-bond donors (Lipinski definition) is 2. The predicted molar refractivity (Wildman–Crippen MR) is 73.7 cm³/mol. The van der Waals surface area contributed by atoms with E-state index in [4.69, 9.17) is 5.11 Å². The average molecular weight is 256 g/mol. The summed E-state index contributed by atoms with van der Waals surface area (Å²) in [5, 5.41) is 12.5. The third-order valence-corrected chi connectivity index (χ3v) is 3.70. The minimum absolute atomic E-state index is 0.179. The first kappa shape index (κ1) is 15.4. The van der Waals surface area contributed by atoms with Gasteiger partial charge in [-0.05, 0) is 31.2 Å². The molecule has 1 aliphatic rings. The van der Waals surface area contributed by atoms with Crippen molar-refractivity contribution in [3.63, 3.8) is 0 Å². The molecule has 1 aliphatic heterocycles. The van der Waals surface area contributed by atoms with Gasteiger partial charge in [0.1, 0.15) is 0 Å². The number of aliphatic carboxylic acids is 1. The molecule has 1 fully saturated rings. The van der Waals surface area contributed by atoms with Crippen molar-refractivity contribution < 1.29 is 9.90 Å². The molecule has 0 aromatic carbocycles. The Morgan fingerprint density at radius 2 is 2.17 bits per heavy atom. The number of hydrogen-bond acceptors (Lipinski definition) is 3. The quantitative estimate of drug-likeness (QED) is 0.729. The zero-order chi connectivity index (χ0) is 13.5. The summed E-state index contributed by atoms with van der Waals surface area (Å²) in [4.78, 5) is 12.9. The minimum Gasteiger partial charge on any atom is -0.480 e. The highest BCUT2D eigenvalue weighted by atomic mass is 16.4. The molecule has 0 aromatic heterocycles. The van der Waals surface area contributed by atoms with Crippen LogP contribution in [0.15, 0.2) is 0 Å². The SMILES string of the molecule is CCC1CC(NCCC(C)C)CN(CC(=O)O)C1. The van der Waals surface area contributed by atoms with E-state index >= 15 is 0 Å². The van der Waals surface area contributed by atoms with Gasteiger partial charge >= 0.3 is 5.97 Å². The molecule has 0 saturated carbocycles. The summed E-state index contributed by atoms with van der Waals surface area (Å²) in [7, 11) is 0. The summed E-state index contributed by atoms with van der Waals surface area (Å²) >= 11 is 0. The maximum atomic E-state index is 10.8. The Morgan fingerprint density at radius 1 is 1.44 bits per heavy atom. The molecule has 2 N–H and O–H groups in total. The zero-order valence-electron chi connectivity index (χ0n) is 12.0. The van der Waals surface area contributed by atoms with E-state index in [0.717, 1.165) is 32.0 Å². The van der Waals surface area contributed by atoms with Crippen LogP contribution in [0, 0.1) is 11.8 Å². The molecule has 0 spiro atoms. The topological polar surface area (TPSA) is 52.6 Å². The van der Waals surface area contributed by atoms with Crippen molar-refractivity contribution in [3.8, 4) is 0 Å². The van der Waals surface area contributed by atoms with Gasteiger partial charge in [-0.25, -0.2) is 0 Å². The van der Waals surface area contributed by atoms with E-state index in [1.165, 1.54) is 12.8 Å². The maximum Gasteiger partial charge on any atom is 0.317 e. The van der Waals surface area contributed by atoms with Gasteiger partial charge in [0.05, 0.1) is 6.54 Å². The van der Waals surface area contributed by atoms with Crippen molar-refractivity contribution in [1.29, 1.82) is 0 Å². The molecule has 106 valence electrons. The molecule has 0 bridgehead atoms. The fourth-order valence-corrected chi connectivity index (χ4v) is 2.64. The molecule has 4 heteroatoms. The molecule has 1 heterocycles. The molecule has 2 unspecified atom stereocenters. The van der Waals surface area contributed by atoms with Crippen LogP contribution >= 0.6 is 0 Å². The van der Waals surface area contributed by atoms with Crippen LogP contribution in [-0.2, 0) is 4.79 Å². The van der Waals surface area contributed by atoms with Crippen LogP contribution < -0.4 is 5.32 Å². The summed E-state index contributed by atoms with van der Waals surface area (Å²) in [5.41, 5.74) is 0. The molecule has 0 aromatic rings. The molecule has 0 radical (unpaired) electrons. The third kappa shape index (κ3) is 5.83. The summed E-state index contributed by atoms with van der Waals surface area (Å²) in [6, 6.07) is 0.460. The first-order valence-corrected chi connectivity index (χ1v) is 7.18. The van der Waals surface area contributed by atoms with Crippen molar-refractivity contribution in [1.82, 2.24) is 10.2 Å². The van der Waals surface area contributed by atoms with Crippen molar-refractivity contribution in [2.45, 2.75) is 46.1 Å². The van der Waals surface area contributed by atoms with Crippen molar-refractivity contribution >= 4 is 5.97 Å². The van der Waals surface area contributed by atoms with Crippen molar-refractivity contribution in [2.24, 2.45) is 11.8 Å². The van der Waals surface area contributed by atoms with Crippen LogP contribution in [0.4, 0.5) is 0 Å². The van der Waals surface area contributed by atoms with Gasteiger partial charge in [-0.2, -0.15) is 0 Å². The number of piperidine rings is 1. The van der Waals surface area contributed by atoms with Gasteiger partial charge < -0.3 is 10.4 Å². The Hall–Kier alpha value is -0.610. The highest BCUT2D eigenvalue weighted by Gasteiger charge is 2.26. The number of rotatable bonds is 7. The van der Waals surface area contributed by atoms with Gasteiger partial charge in [0.15, 0.2) is 0 Å². The minimum atomic E-state index is -0.715. The second-order valence-corrected chi connectivity index (χ2v) is 5.93. The summed E-state index contributed by atoms with van der Waals surface area (Å²) in [5.74, 6) is 0.639. The fraction of sp³-hybridized carbons (Fsp3) is 0.929. The van der Waals surface area contributed by atoms with Crippen LogP contribution in [-0.4, -0.2) is 48.2 Å². The van der Waals surface area contributed by atoms with E-state index in [0.29, 0.717) is 12.0 Å². The van der Waals surface area contributed by atoms with E-state index in [-0.39, 0.29) is 6.54 Å². The number of carboxylic acids is 1. The Morgan fingerprint density at radius 3 is 2.72 bits per heavy atom. The van der Waals surface area contributed by atoms with E-state index in [2.05, 4.69) is 31.0 Å². The smallest absolute Gasteiger partial charge is 0.317 e. The molecular formula is C14H28N2O2. The second kappa shape index (κ2) is 7.74. The van der Waals surface area contributed by atoms with Crippen LogP contribution in [0.5, 0.6) is 0 Å². The van der Waals surface area contributed by atoms with Crippen molar-refractivity contribution in [2.75, 3.05) is 26.2 Å². The lowest BCUT2D eigenvalue weighted by Crippen LogP contribution is -2.50. The van der Waals surface area contributed by atoms with Crippen LogP contribution in [0.1, 0.15) is 40.0 Å². The number of carboxylic acid groups (broad SMARTS) is 1. The van der Waals surface area contributed by atoms with Crippen LogP contribution in [0.25, 0.3) is 0 Å². The first-order chi connectivity index (χ1) is 8.51. The largest absolute Gasteiger partial charge is 0.480 e. The van der Waals surface area contributed by atoms with E-state index in [1.54, 1.807) is 0 Å². The number of likely N-dealkylation sites (tertiary alicyclic amines) is 1. The summed E-state index contributed by atoms with van der Waals surface area (Å²) in [6.07, 6.45) is 3.51. The predicted octanol–water partition coefficient (Wildman–Crippen LogP) is 1.81. The molecule has 18 heavy (non-hydrogen) atoms.